The van der Waals surface area contributed by atoms with Gasteiger partial charge in [-0.3, -0.25) is 0 Å². The molecule has 0 aliphatic rings. The second-order valence-electron chi connectivity index (χ2n) is 1.91. The Labute approximate surface area is 126 Å². The van der Waals surface area contributed by atoms with Crippen LogP contribution >= 0.6 is 11.6 Å². The van der Waals surface area contributed by atoms with Crippen molar-refractivity contribution in [1.29, 1.82) is 0 Å². The van der Waals surface area contributed by atoms with Gasteiger partial charge < -0.3 is 5.73 Å². The summed E-state index contributed by atoms with van der Waals surface area (Å²) < 4.78 is 12.6. The number of hydrogen-bond donors (Lipinski definition) is 0. The molecule has 0 radical (unpaired) electrons. The largest absolute Gasteiger partial charge is 1.00 e. The molecule has 1 rings (SSSR count). The van der Waals surface area contributed by atoms with Crippen LogP contribution in [0.2, 0.25) is 5.02 Å². The topological polar surface area (TPSA) is 23.8 Å². The van der Waals surface area contributed by atoms with E-state index in [9.17, 15) is 4.39 Å². The number of rotatable bonds is 1. The van der Waals surface area contributed by atoms with Gasteiger partial charge in [-0.1, -0.05) is 31.5 Å². The molecule has 68 valence electrons. The molecule has 1 N–H and O–H groups in total. The fraction of sp³-hybridized carbons (Fsp3) is 0.333. The van der Waals surface area contributed by atoms with Gasteiger partial charge in [-0.15, -0.1) is 6.54 Å². The van der Waals surface area contributed by atoms with Crippen molar-refractivity contribution in [1.82, 2.24) is 0 Å². The Bertz CT molecular complexity index is 243. The van der Waals surface area contributed by atoms with Crippen LogP contribution < -0.4 is 51.4 Å². The number of nitrogens with one attached hydrogen (secondary N) is 1. The monoisotopic (exact) mass is 227 g/mol. The minimum absolute atomic E-state index is 0. The quantitative estimate of drug-likeness (QED) is 0.641. The van der Waals surface area contributed by atoms with Gasteiger partial charge in [0.1, 0.15) is 5.82 Å². The predicted molar refractivity (Wildman–Crippen MR) is 50.8 cm³/mol. The first-order chi connectivity index (χ1) is 5.74. The van der Waals surface area contributed by atoms with E-state index in [1.807, 2.05) is 13.8 Å². The molecule has 1 aromatic rings. The maximum absolute atomic E-state index is 12.6. The molecule has 0 saturated heterocycles. The summed E-state index contributed by atoms with van der Waals surface area (Å²) in [5.74, 6) is -0.400. The molecule has 0 fully saturated rings. The summed E-state index contributed by atoms with van der Waals surface area (Å²) >= 11 is 5.47. The van der Waals surface area contributed by atoms with E-state index in [2.05, 4.69) is 0 Å². The zero-order valence-corrected chi connectivity index (χ0v) is 12.1. The van der Waals surface area contributed by atoms with Crippen molar-refractivity contribution >= 4 is 11.6 Å². The first-order valence-electron chi connectivity index (χ1n) is 3.82. The van der Waals surface area contributed by atoms with E-state index in [0.717, 1.165) is 0 Å². The van der Waals surface area contributed by atoms with Crippen LogP contribution in [0.1, 0.15) is 19.4 Å². The number of benzene rings is 1. The van der Waals surface area contributed by atoms with Crippen molar-refractivity contribution in [3.05, 3.63) is 40.3 Å². The predicted octanol–water partition coefficient (Wildman–Crippen LogP) is 1.06. The van der Waals surface area contributed by atoms with Gasteiger partial charge in [0.25, 0.3) is 0 Å². The molecule has 4 heteroatoms. The van der Waals surface area contributed by atoms with Crippen molar-refractivity contribution in [2.45, 2.75) is 20.4 Å². The van der Waals surface area contributed by atoms with E-state index in [4.69, 9.17) is 17.3 Å². The third-order valence-corrected chi connectivity index (χ3v) is 1.44. The summed E-state index contributed by atoms with van der Waals surface area (Å²) in [5.41, 5.74) is 7.25. The van der Waals surface area contributed by atoms with Crippen LogP contribution in [0.25, 0.3) is 5.73 Å². The molecule has 0 aromatic heterocycles. The van der Waals surface area contributed by atoms with Crippen LogP contribution in [0.5, 0.6) is 0 Å². The Morgan fingerprint density at radius 1 is 1.38 bits per heavy atom. The summed E-state index contributed by atoms with van der Waals surface area (Å²) in [6.45, 7) is 3.96. The SMILES string of the molecule is CC.[K+].[NH-]Cc1ccc(Cl)cc1F. The van der Waals surface area contributed by atoms with Crippen molar-refractivity contribution in [2.24, 2.45) is 0 Å². The van der Waals surface area contributed by atoms with Crippen molar-refractivity contribution < 1.29 is 55.8 Å². The van der Waals surface area contributed by atoms with Crippen molar-refractivity contribution in [3.63, 3.8) is 0 Å². The maximum atomic E-state index is 12.6. The molecular formula is C9H12ClFKN. The minimum atomic E-state index is -0.400. The van der Waals surface area contributed by atoms with Crippen LogP contribution in [0, 0.1) is 5.82 Å². The van der Waals surface area contributed by atoms with E-state index < -0.39 is 5.82 Å². The van der Waals surface area contributed by atoms with Crippen LogP contribution in [0.4, 0.5) is 4.39 Å². The first kappa shape index (κ1) is 16.5. The van der Waals surface area contributed by atoms with Crippen LogP contribution in [0.15, 0.2) is 18.2 Å². The van der Waals surface area contributed by atoms with Gasteiger partial charge in [-0.05, 0) is 17.7 Å². The van der Waals surface area contributed by atoms with E-state index in [0.29, 0.717) is 10.6 Å². The fourth-order valence-corrected chi connectivity index (χ4v) is 0.824. The summed E-state index contributed by atoms with van der Waals surface area (Å²) in [7, 11) is 0. The summed E-state index contributed by atoms with van der Waals surface area (Å²) in [4.78, 5) is 0. The first-order valence-corrected chi connectivity index (χ1v) is 4.20. The second kappa shape index (κ2) is 9.59. The third kappa shape index (κ3) is 6.17. The van der Waals surface area contributed by atoms with Crippen LogP contribution in [-0.4, -0.2) is 0 Å². The standard InChI is InChI=1S/C7H6ClFN.C2H6.K/c8-6-2-1-5(4-10)7(9)3-6;1-2;/h1-3,10H,4H2;1-2H3;/q-1;;+1. The number of hydrogen-bond acceptors (Lipinski definition) is 0. The molecule has 1 aromatic carbocycles. The average molecular weight is 228 g/mol. The van der Waals surface area contributed by atoms with Gasteiger partial charge in [-0.2, -0.15) is 0 Å². The average Bonchev–Trinajstić information content (AvgIpc) is 2.08. The normalized spacial score (nSPS) is 8.08. The van der Waals surface area contributed by atoms with E-state index in [-0.39, 0.29) is 57.9 Å². The van der Waals surface area contributed by atoms with Crippen molar-refractivity contribution in [3.8, 4) is 0 Å². The van der Waals surface area contributed by atoms with E-state index in [1.165, 1.54) is 12.1 Å². The van der Waals surface area contributed by atoms with Gasteiger partial charge >= 0.3 is 51.4 Å². The molecular weight excluding hydrogens is 216 g/mol. The van der Waals surface area contributed by atoms with Gasteiger partial charge in [0, 0.05) is 5.02 Å². The molecule has 0 saturated carbocycles. The molecule has 0 aliphatic carbocycles. The Hall–Kier alpha value is 1.04. The fourth-order valence-electron chi connectivity index (χ4n) is 0.665. The molecule has 0 aliphatic heterocycles. The second-order valence-corrected chi connectivity index (χ2v) is 2.35. The van der Waals surface area contributed by atoms with Crippen LogP contribution in [-0.2, 0) is 6.54 Å². The Balaban J connectivity index is 0. The smallest absolute Gasteiger partial charge is 0.674 e. The number of halogens is 2. The molecule has 0 unspecified atom stereocenters. The van der Waals surface area contributed by atoms with Gasteiger partial charge in [0.2, 0.25) is 0 Å². The van der Waals surface area contributed by atoms with Crippen LogP contribution in [0.3, 0.4) is 0 Å². The van der Waals surface area contributed by atoms with E-state index >= 15 is 0 Å². The summed E-state index contributed by atoms with van der Waals surface area (Å²) in [5, 5.41) is 0.370. The Morgan fingerprint density at radius 3 is 2.31 bits per heavy atom. The zero-order chi connectivity index (χ0) is 9.56. The summed E-state index contributed by atoms with van der Waals surface area (Å²) in [6.07, 6.45) is 0. The minimum Gasteiger partial charge on any atom is -0.674 e. The molecule has 0 spiro atoms. The molecule has 0 heterocycles. The van der Waals surface area contributed by atoms with Gasteiger partial charge in [0.05, 0.1) is 0 Å². The molecule has 0 bridgehead atoms. The molecule has 1 nitrogen and oxygen atoms in total. The van der Waals surface area contributed by atoms with Gasteiger partial charge in [-0.25, -0.2) is 4.39 Å². The summed E-state index contributed by atoms with van der Waals surface area (Å²) in [6, 6.07) is 4.31. The third-order valence-electron chi connectivity index (χ3n) is 1.21. The Kier molecular flexibility index (Phi) is 12.1. The maximum Gasteiger partial charge on any atom is 1.00 e. The molecule has 0 atom stereocenters. The zero-order valence-electron chi connectivity index (χ0n) is 8.20. The Morgan fingerprint density at radius 2 is 1.92 bits per heavy atom. The molecule has 13 heavy (non-hydrogen) atoms. The van der Waals surface area contributed by atoms with Gasteiger partial charge in [0.15, 0.2) is 0 Å². The molecule has 0 amide bonds. The van der Waals surface area contributed by atoms with E-state index in [1.54, 1.807) is 6.07 Å². The van der Waals surface area contributed by atoms with Crippen molar-refractivity contribution in [2.75, 3.05) is 0 Å².